The van der Waals surface area contributed by atoms with E-state index in [4.69, 9.17) is 25.4 Å². The third-order valence-electron chi connectivity index (χ3n) is 17.0. The lowest BCUT2D eigenvalue weighted by Crippen LogP contribution is -2.41. The molecule has 10 atom stereocenters. The van der Waals surface area contributed by atoms with Crippen LogP contribution in [-0.4, -0.2) is 103 Å². The first kappa shape index (κ1) is 83.7. The molecule has 0 spiro atoms. The molecule has 5 saturated heterocycles. The van der Waals surface area contributed by atoms with Crippen molar-refractivity contribution in [1.29, 1.82) is 0 Å². The number of rotatable bonds is 14. The Morgan fingerprint density at radius 3 is 1.37 bits per heavy atom. The molecule has 555 valence electrons. The standard InChI is InChI=1S/C19H18FNO3S.C18H17FN2O3.C12H12FNO3.C11H10FNO3.C10H11FN2O.C7H8O.CH4.B/c1-12-6-8-15(9-7-12)25-19(18(23)24-2)11-16(22)21-17(19)13-4-3-5-14(20)10-13;19-14-8-4-7-13(9-14)17-15(10-16(22)21-17)20-18(23)24-11-12-5-2-1-3-6-12;1-17-12(16)9-6-10(15)14-11(9)7-3-2-4-8(13)5-7;12-7-3-1-2-6(4-7)10-8(11(15)16)5-9(14)13-10;11-7-3-1-2-6(4-7)10-8(12)5-9(14)13-10;8-6-7-4-2-1-3-5-7;;/h3-10,17H,11H2,1-2H3,(H,21,22);1-9,15,17H,10-11H2,(H,20,23)(H,21,22);2-5,9,11H,6H2,1H3,(H,14,15);1-4,8,10H,5H2,(H,13,14)(H,15,16);1-4,8,10H,5,12H2,(H,13,14);1-5,8H,6H2;1H4;/t17?,19-;15-,17+;;2*8-,10?;;;/m10.00.../s1. The minimum absolute atomic E-state index is 0. The van der Waals surface area contributed by atoms with Crippen LogP contribution in [0.3, 0.4) is 0 Å². The second-order valence-electron chi connectivity index (χ2n) is 24.4. The number of ether oxygens (including phenoxy) is 3. The van der Waals surface area contributed by atoms with Gasteiger partial charge >= 0.3 is 24.0 Å². The molecule has 8 aromatic carbocycles. The number of aliphatic hydroxyl groups is 1. The van der Waals surface area contributed by atoms with Crippen molar-refractivity contribution < 1.29 is 89.5 Å². The molecule has 13 rings (SSSR count). The van der Waals surface area contributed by atoms with E-state index >= 15 is 0 Å². The van der Waals surface area contributed by atoms with Gasteiger partial charge in [0.15, 0.2) is 4.75 Å². The van der Waals surface area contributed by atoms with Gasteiger partial charge in [-0.3, -0.25) is 38.4 Å². The summed E-state index contributed by atoms with van der Waals surface area (Å²) < 4.78 is 79.7. The van der Waals surface area contributed by atoms with E-state index in [1.165, 1.54) is 92.7 Å². The lowest BCUT2D eigenvalue weighted by atomic mass is 9.93. The van der Waals surface area contributed by atoms with E-state index in [0.717, 1.165) is 27.1 Å². The van der Waals surface area contributed by atoms with Crippen LogP contribution in [0.25, 0.3) is 0 Å². The van der Waals surface area contributed by atoms with E-state index in [-0.39, 0.29) is 108 Å². The minimum atomic E-state index is -1.19. The zero-order valence-corrected chi connectivity index (χ0v) is 57.8. The molecule has 6 amide bonds. The highest BCUT2D eigenvalue weighted by Gasteiger charge is 2.55. The van der Waals surface area contributed by atoms with E-state index in [1.54, 1.807) is 54.6 Å². The van der Waals surface area contributed by atoms with Gasteiger partial charge in [0.1, 0.15) is 35.7 Å². The minimum Gasteiger partial charge on any atom is -0.481 e. The number of alkyl carbamates (subject to hydrolysis) is 1. The number of carbonyl (C=O) groups is 9. The van der Waals surface area contributed by atoms with Crippen LogP contribution >= 0.6 is 11.8 Å². The molecule has 0 aliphatic carbocycles. The quantitative estimate of drug-likeness (QED) is 0.0211. The summed E-state index contributed by atoms with van der Waals surface area (Å²) >= 11 is 1.27. The zero-order chi connectivity index (χ0) is 75.0. The number of benzene rings is 8. The summed E-state index contributed by atoms with van der Waals surface area (Å²) in [5.74, 6) is -6.47. The number of hydrogen-bond acceptors (Lipinski definition) is 15. The number of halogens is 5. The molecule has 28 heteroatoms. The Kier molecular flexibility index (Phi) is 31.7. The van der Waals surface area contributed by atoms with Crippen LogP contribution in [-0.2, 0) is 65.8 Å². The summed E-state index contributed by atoms with van der Waals surface area (Å²) in [6.45, 7) is 2.26. The summed E-state index contributed by atoms with van der Waals surface area (Å²) in [6, 6.07) is 52.7. The third kappa shape index (κ3) is 23.6. The highest BCUT2D eigenvalue weighted by atomic mass is 32.2. The molecule has 5 aliphatic rings. The van der Waals surface area contributed by atoms with E-state index in [9.17, 15) is 65.1 Å². The monoisotopic (exact) mass is 1480 g/mol. The number of carboxylic acid groups (broad SMARTS) is 1. The predicted octanol–water partition coefficient (Wildman–Crippen LogP) is 10.5. The first-order chi connectivity index (χ1) is 49.8. The number of nitrogens with one attached hydrogen (secondary N) is 6. The largest absolute Gasteiger partial charge is 0.481 e. The molecule has 10 N–H and O–H groups in total. The highest BCUT2D eigenvalue weighted by molar-refractivity contribution is 8.01. The Labute approximate surface area is 615 Å². The zero-order valence-electron chi connectivity index (χ0n) is 57.0. The molecule has 106 heavy (non-hydrogen) atoms. The van der Waals surface area contributed by atoms with E-state index in [2.05, 4.69) is 36.6 Å². The summed E-state index contributed by atoms with van der Waals surface area (Å²) in [7, 11) is 2.57. The van der Waals surface area contributed by atoms with Gasteiger partial charge in [0.05, 0.1) is 75.3 Å². The van der Waals surface area contributed by atoms with Crippen LogP contribution in [0.5, 0.6) is 0 Å². The average molecular weight is 1480 g/mol. The van der Waals surface area contributed by atoms with E-state index < -0.39 is 88.2 Å². The second-order valence-corrected chi connectivity index (χ2v) is 25.8. The van der Waals surface area contributed by atoms with Gasteiger partial charge in [0.2, 0.25) is 29.5 Å². The van der Waals surface area contributed by atoms with Gasteiger partial charge in [-0.1, -0.05) is 146 Å². The maximum Gasteiger partial charge on any atom is 0.407 e. The molecule has 0 bridgehead atoms. The number of aryl methyl sites for hydroxylation is 1. The molecule has 8 aromatic rings. The lowest BCUT2D eigenvalue weighted by molar-refractivity contribution is -0.146. The van der Waals surface area contributed by atoms with Crippen LogP contribution in [0.4, 0.5) is 26.7 Å². The Bertz CT molecular complexity index is 4330. The Hall–Kier alpha value is -11.2. The van der Waals surface area contributed by atoms with Crippen molar-refractivity contribution in [1.82, 2.24) is 31.9 Å². The van der Waals surface area contributed by atoms with Crippen molar-refractivity contribution in [3.63, 3.8) is 0 Å². The van der Waals surface area contributed by atoms with Gasteiger partial charge in [0.25, 0.3) is 0 Å². The number of carbonyl (C=O) groups excluding carboxylic acids is 8. The molecule has 5 aliphatic heterocycles. The summed E-state index contributed by atoms with van der Waals surface area (Å²) in [6.07, 6.45) is -0.186. The number of methoxy groups -OCH3 is 2. The fourth-order valence-electron chi connectivity index (χ4n) is 12.0. The predicted molar refractivity (Wildman–Crippen MR) is 384 cm³/mol. The van der Waals surface area contributed by atoms with Crippen molar-refractivity contribution in [3.05, 3.63) is 280 Å². The number of nitrogens with two attached hydrogens (primary N) is 1. The SMILES string of the molecule is C.COC(=O)C1CC(=O)NC1c1cccc(F)c1.COC(=O)[C@@]1(Sc2ccc(C)cc2)CC(=O)NC1c1cccc(F)c1.N[C@H]1CC(=O)NC1c1cccc(F)c1.O=C1C[C@H](C(=O)O)C(c2cccc(F)c2)N1.O=C1C[C@H](NC(=O)OCc2ccccc2)[C@@H](c2cccc(F)c2)N1.OCc1ccccc1.[B]. The van der Waals surface area contributed by atoms with Crippen LogP contribution < -0.4 is 37.6 Å². The van der Waals surface area contributed by atoms with Crippen molar-refractivity contribution in [2.45, 2.75) is 112 Å². The van der Waals surface area contributed by atoms with E-state index in [1.807, 2.05) is 91.9 Å². The first-order valence-corrected chi connectivity index (χ1v) is 33.4. The maximum atomic E-state index is 13.7. The number of carboxylic acids is 1. The smallest absolute Gasteiger partial charge is 0.407 e. The molecular formula is C78H80BF5N7O14S. The number of aliphatic carboxylic acids is 1. The van der Waals surface area contributed by atoms with Gasteiger partial charge in [-0.05, 0) is 119 Å². The van der Waals surface area contributed by atoms with Crippen molar-refractivity contribution >= 4 is 73.7 Å². The van der Waals surface area contributed by atoms with Gasteiger partial charge < -0.3 is 62.1 Å². The molecular weight excluding hydrogens is 1400 g/mol. The Morgan fingerprint density at radius 2 is 0.925 bits per heavy atom. The molecule has 21 nitrogen and oxygen atoms in total. The Balaban J connectivity index is 0.000000204. The number of amides is 6. The van der Waals surface area contributed by atoms with Gasteiger partial charge in [0, 0.05) is 45.0 Å². The molecule has 5 unspecified atom stereocenters. The third-order valence-corrected chi connectivity index (χ3v) is 18.4. The summed E-state index contributed by atoms with van der Waals surface area (Å²) in [5.41, 5.74) is 11.6. The number of esters is 2. The van der Waals surface area contributed by atoms with Gasteiger partial charge in [-0.25, -0.2) is 26.7 Å². The van der Waals surface area contributed by atoms with Gasteiger partial charge in [-0.2, -0.15) is 0 Å². The lowest BCUT2D eigenvalue weighted by Gasteiger charge is -2.31. The van der Waals surface area contributed by atoms with Crippen molar-refractivity contribution in [2.24, 2.45) is 17.6 Å². The number of aliphatic hydroxyl groups excluding tert-OH is 1. The molecule has 5 heterocycles. The molecule has 0 saturated carbocycles. The van der Waals surface area contributed by atoms with Crippen LogP contribution in [0.1, 0.15) is 114 Å². The second kappa shape index (κ2) is 40.2. The van der Waals surface area contributed by atoms with Gasteiger partial charge in [-0.15, -0.1) is 11.8 Å². The number of thioether (sulfide) groups is 1. The van der Waals surface area contributed by atoms with Crippen LogP contribution in [0, 0.1) is 47.8 Å². The first-order valence-electron chi connectivity index (χ1n) is 32.6. The van der Waals surface area contributed by atoms with Crippen molar-refractivity contribution in [2.75, 3.05) is 14.2 Å². The molecule has 3 radical (unpaired) electrons. The average Bonchev–Trinajstić information content (AvgIpc) is 1.59. The number of hydrogen-bond donors (Lipinski definition) is 9. The van der Waals surface area contributed by atoms with Crippen LogP contribution in [0.15, 0.2) is 211 Å². The van der Waals surface area contributed by atoms with Crippen LogP contribution in [0.2, 0.25) is 0 Å². The summed E-state index contributed by atoms with van der Waals surface area (Å²) in [4.78, 5) is 105. The summed E-state index contributed by atoms with van der Waals surface area (Å²) in [5, 5.41) is 33.6. The molecule has 0 aromatic heterocycles. The Morgan fingerprint density at radius 1 is 0.509 bits per heavy atom. The maximum absolute atomic E-state index is 13.7. The highest BCUT2D eigenvalue weighted by Crippen LogP contribution is 2.49. The van der Waals surface area contributed by atoms with Crippen molar-refractivity contribution in [3.8, 4) is 0 Å². The topological polar surface area (TPSA) is 320 Å². The fourth-order valence-corrected chi connectivity index (χ4v) is 13.3. The normalized spacial score (nSPS) is 21.3. The molecule has 5 fully saturated rings. The fraction of sp³-hybridized carbons (Fsp3) is 0.269. The van der Waals surface area contributed by atoms with E-state index in [0.29, 0.717) is 28.7 Å².